The smallest absolute Gasteiger partial charge is 0.244 e. The van der Waals surface area contributed by atoms with Gasteiger partial charge in [0.15, 0.2) is 0 Å². The van der Waals surface area contributed by atoms with Crippen LogP contribution in [0.4, 0.5) is 0 Å². The largest absolute Gasteiger partial charge is 0.379 e. The highest BCUT2D eigenvalue weighted by Crippen LogP contribution is 2.22. The molecule has 0 bridgehead atoms. The number of pyridine rings is 1. The molecule has 2 aliphatic rings. The fourth-order valence-electron chi connectivity index (χ4n) is 3.18. The van der Waals surface area contributed by atoms with E-state index in [0.717, 1.165) is 19.5 Å². The summed E-state index contributed by atoms with van der Waals surface area (Å²) >= 11 is 1.35. The van der Waals surface area contributed by atoms with Crippen LogP contribution in [0.25, 0.3) is 0 Å². The van der Waals surface area contributed by atoms with E-state index in [1.165, 1.54) is 28.7 Å². The van der Waals surface area contributed by atoms with Crippen LogP contribution in [0.5, 0.6) is 0 Å². The van der Waals surface area contributed by atoms with Gasteiger partial charge < -0.3 is 9.64 Å². The molecular formula is C17H25N3O4S2. The molecule has 144 valence electrons. The third kappa shape index (κ3) is 4.76. The SMILES string of the molecule is C[C@H]1CCCN(C(=O)CSc2ccc(S(=O)(=O)N3CCOCC3)cn2)C1. The van der Waals surface area contributed by atoms with Gasteiger partial charge in [-0.2, -0.15) is 4.31 Å². The minimum Gasteiger partial charge on any atom is -0.379 e. The first-order valence-corrected chi connectivity index (χ1v) is 11.3. The van der Waals surface area contributed by atoms with Crippen LogP contribution in [0.3, 0.4) is 0 Å². The summed E-state index contributed by atoms with van der Waals surface area (Å²) in [5.74, 6) is 1.00. The number of carbonyl (C=O) groups is 1. The number of amides is 1. The summed E-state index contributed by atoms with van der Waals surface area (Å²) in [6.07, 6.45) is 3.61. The molecule has 2 saturated heterocycles. The number of nitrogens with zero attached hydrogens (tertiary/aromatic N) is 3. The summed E-state index contributed by atoms with van der Waals surface area (Å²) in [6, 6.07) is 3.23. The molecule has 0 aliphatic carbocycles. The Morgan fingerprint density at radius 2 is 2.08 bits per heavy atom. The second-order valence-electron chi connectivity index (χ2n) is 6.72. The predicted octanol–water partition coefficient (Wildman–Crippen LogP) is 1.45. The summed E-state index contributed by atoms with van der Waals surface area (Å²) in [5.41, 5.74) is 0. The lowest BCUT2D eigenvalue weighted by Crippen LogP contribution is -2.40. The van der Waals surface area contributed by atoms with Gasteiger partial charge in [0.1, 0.15) is 4.90 Å². The molecule has 1 atom stereocenters. The number of piperidine rings is 1. The van der Waals surface area contributed by atoms with E-state index in [-0.39, 0.29) is 10.8 Å². The van der Waals surface area contributed by atoms with Gasteiger partial charge in [0.2, 0.25) is 15.9 Å². The highest BCUT2D eigenvalue weighted by atomic mass is 32.2. The molecule has 26 heavy (non-hydrogen) atoms. The molecule has 2 fully saturated rings. The van der Waals surface area contributed by atoms with Crippen LogP contribution in [-0.4, -0.2) is 73.7 Å². The molecule has 3 heterocycles. The van der Waals surface area contributed by atoms with Crippen LogP contribution in [0, 0.1) is 5.92 Å². The van der Waals surface area contributed by atoms with Gasteiger partial charge in [-0.25, -0.2) is 13.4 Å². The Morgan fingerprint density at radius 3 is 2.73 bits per heavy atom. The van der Waals surface area contributed by atoms with Crippen molar-refractivity contribution in [3.05, 3.63) is 18.3 Å². The minimum atomic E-state index is -3.53. The van der Waals surface area contributed by atoms with E-state index in [4.69, 9.17) is 4.74 Å². The number of aromatic nitrogens is 1. The zero-order chi connectivity index (χ0) is 18.6. The molecule has 1 aromatic heterocycles. The van der Waals surface area contributed by atoms with E-state index in [9.17, 15) is 13.2 Å². The molecule has 0 radical (unpaired) electrons. The topological polar surface area (TPSA) is 79.8 Å². The van der Waals surface area contributed by atoms with Crippen LogP contribution in [0.1, 0.15) is 19.8 Å². The van der Waals surface area contributed by atoms with E-state index in [1.807, 2.05) is 4.90 Å². The van der Waals surface area contributed by atoms with Gasteiger partial charge in [0.25, 0.3) is 0 Å². The van der Waals surface area contributed by atoms with Crippen molar-refractivity contribution in [2.75, 3.05) is 45.1 Å². The number of carbonyl (C=O) groups excluding carboxylic acids is 1. The van der Waals surface area contributed by atoms with Crippen LogP contribution in [-0.2, 0) is 19.6 Å². The van der Waals surface area contributed by atoms with Crippen LogP contribution >= 0.6 is 11.8 Å². The van der Waals surface area contributed by atoms with Gasteiger partial charge in [-0.05, 0) is 30.9 Å². The number of morpholine rings is 1. The van der Waals surface area contributed by atoms with Crippen molar-refractivity contribution >= 4 is 27.7 Å². The second kappa shape index (κ2) is 8.69. The Balaban J connectivity index is 1.56. The Labute approximate surface area is 159 Å². The van der Waals surface area contributed by atoms with E-state index in [0.29, 0.717) is 43.0 Å². The van der Waals surface area contributed by atoms with Gasteiger partial charge in [-0.3, -0.25) is 4.79 Å². The van der Waals surface area contributed by atoms with Crippen molar-refractivity contribution in [2.45, 2.75) is 29.7 Å². The first-order chi connectivity index (χ1) is 12.5. The number of hydrogen-bond donors (Lipinski definition) is 0. The van der Waals surface area contributed by atoms with Gasteiger partial charge in [0.05, 0.1) is 24.0 Å². The third-order valence-electron chi connectivity index (χ3n) is 4.67. The molecular weight excluding hydrogens is 374 g/mol. The minimum absolute atomic E-state index is 0.119. The molecule has 9 heteroatoms. The van der Waals surface area contributed by atoms with Crippen molar-refractivity contribution in [3.8, 4) is 0 Å². The fraction of sp³-hybridized carbons (Fsp3) is 0.647. The second-order valence-corrected chi connectivity index (χ2v) is 9.66. The molecule has 3 rings (SSSR count). The molecule has 1 aromatic rings. The Hall–Kier alpha value is -1.16. The van der Waals surface area contributed by atoms with Crippen molar-refractivity contribution in [2.24, 2.45) is 5.92 Å². The molecule has 0 N–H and O–H groups in total. The Kier molecular flexibility index (Phi) is 6.55. The molecule has 2 aliphatic heterocycles. The van der Waals surface area contributed by atoms with Gasteiger partial charge in [-0.15, -0.1) is 0 Å². The Bertz CT molecular complexity index is 718. The third-order valence-corrected chi connectivity index (χ3v) is 7.48. The van der Waals surface area contributed by atoms with E-state index in [1.54, 1.807) is 12.1 Å². The zero-order valence-electron chi connectivity index (χ0n) is 15.0. The quantitative estimate of drug-likeness (QED) is 0.698. The summed E-state index contributed by atoms with van der Waals surface area (Å²) in [7, 11) is -3.53. The number of likely N-dealkylation sites (tertiary alicyclic amines) is 1. The highest BCUT2D eigenvalue weighted by Gasteiger charge is 2.26. The number of rotatable bonds is 5. The number of thioether (sulfide) groups is 1. The van der Waals surface area contributed by atoms with Gasteiger partial charge in [-0.1, -0.05) is 18.7 Å². The number of hydrogen-bond acceptors (Lipinski definition) is 6. The maximum atomic E-state index is 12.6. The monoisotopic (exact) mass is 399 g/mol. The molecule has 0 spiro atoms. The van der Waals surface area contributed by atoms with E-state index in [2.05, 4.69) is 11.9 Å². The number of ether oxygens (including phenoxy) is 1. The Morgan fingerprint density at radius 1 is 1.31 bits per heavy atom. The lowest BCUT2D eigenvalue weighted by Gasteiger charge is -2.30. The van der Waals surface area contributed by atoms with Gasteiger partial charge >= 0.3 is 0 Å². The van der Waals surface area contributed by atoms with Crippen molar-refractivity contribution in [1.82, 2.24) is 14.2 Å². The maximum Gasteiger partial charge on any atom is 0.244 e. The number of sulfonamides is 1. The van der Waals surface area contributed by atoms with Crippen LogP contribution < -0.4 is 0 Å². The normalized spacial score (nSPS) is 22.3. The van der Waals surface area contributed by atoms with Crippen molar-refractivity contribution in [1.29, 1.82) is 0 Å². The van der Waals surface area contributed by atoms with Crippen LogP contribution in [0.2, 0.25) is 0 Å². The van der Waals surface area contributed by atoms with Crippen molar-refractivity contribution < 1.29 is 17.9 Å². The maximum absolute atomic E-state index is 12.6. The lowest BCUT2D eigenvalue weighted by atomic mass is 10.0. The summed E-state index contributed by atoms with van der Waals surface area (Å²) in [4.78, 5) is 18.6. The highest BCUT2D eigenvalue weighted by molar-refractivity contribution is 7.99. The first kappa shape index (κ1) is 19.6. The van der Waals surface area contributed by atoms with Gasteiger partial charge in [0, 0.05) is 32.4 Å². The standard InChI is InChI=1S/C17H25N3O4S2/c1-14-3-2-6-19(12-14)17(21)13-25-16-5-4-15(11-18-16)26(22,23)20-7-9-24-10-8-20/h4-5,11,14H,2-3,6-10,12-13H2,1H3/t14-/m0/s1. The average Bonchev–Trinajstić information content (AvgIpc) is 2.67. The first-order valence-electron chi connectivity index (χ1n) is 8.91. The molecule has 0 aromatic carbocycles. The zero-order valence-corrected chi connectivity index (χ0v) is 16.6. The van der Waals surface area contributed by atoms with Crippen molar-refractivity contribution in [3.63, 3.8) is 0 Å². The lowest BCUT2D eigenvalue weighted by molar-refractivity contribution is -0.130. The summed E-state index contributed by atoms with van der Waals surface area (Å²) < 4.78 is 31.7. The summed E-state index contributed by atoms with van der Waals surface area (Å²) in [5, 5.41) is 0.657. The molecule has 1 amide bonds. The van der Waals surface area contributed by atoms with E-state index < -0.39 is 10.0 Å². The fourth-order valence-corrected chi connectivity index (χ4v) is 5.28. The molecule has 0 saturated carbocycles. The summed E-state index contributed by atoms with van der Waals surface area (Å²) in [6.45, 7) is 5.37. The predicted molar refractivity (Wildman–Crippen MR) is 99.5 cm³/mol. The molecule has 7 nitrogen and oxygen atoms in total. The van der Waals surface area contributed by atoms with Crippen LogP contribution in [0.15, 0.2) is 28.3 Å². The molecule has 0 unspecified atom stereocenters. The average molecular weight is 400 g/mol. The van der Waals surface area contributed by atoms with E-state index >= 15 is 0 Å².